The third kappa shape index (κ3) is 3.37. The molecule has 0 saturated carbocycles. The van der Waals surface area contributed by atoms with Crippen molar-refractivity contribution >= 4 is 17.3 Å². The third-order valence-electron chi connectivity index (χ3n) is 3.87. The Bertz CT molecular complexity index is 757. The minimum Gasteiger partial charge on any atom is -0.380 e. The number of unbranched alkanes of at least 4 members (excludes halogenated alkanes) is 1. The Morgan fingerprint density at radius 3 is 3.17 bits per heavy atom. The van der Waals surface area contributed by atoms with E-state index in [4.69, 9.17) is 6.42 Å². The largest absolute Gasteiger partial charge is 0.380 e. The van der Waals surface area contributed by atoms with Crippen molar-refractivity contribution in [2.24, 2.45) is 0 Å². The third-order valence-corrected chi connectivity index (χ3v) is 3.87. The molecule has 3 rings (SSSR count). The lowest BCUT2D eigenvalue weighted by molar-refractivity contribution is -0.116. The standard InChI is InChI=1S/C18H20N4O/c1-3-4-5-9-22-12-14(11-19-22)15-7-6-8-16-18(15)20-13(2)10-17(23)21-16/h1,6-8,11-13,20H,4-5,9-10H2,2H3,(H,21,23)/t13-/m0/s1. The smallest absolute Gasteiger partial charge is 0.226 e. The molecule has 1 amide bonds. The van der Waals surface area contributed by atoms with Crippen molar-refractivity contribution < 1.29 is 4.79 Å². The van der Waals surface area contributed by atoms with Gasteiger partial charge in [0.25, 0.3) is 0 Å². The number of amides is 1. The van der Waals surface area contributed by atoms with Crippen molar-refractivity contribution in [1.82, 2.24) is 9.78 Å². The first kappa shape index (κ1) is 15.2. The molecule has 2 heterocycles. The summed E-state index contributed by atoms with van der Waals surface area (Å²) < 4.78 is 1.91. The van der Waals surface area contributed by atoms with Crippen LogP contribution in [0, 0.1) is 12.3 Å². The zero-order valence-corrected chi connectivity index (χ0v) is 13.2. The molecule has 1 aromatic carbocycles. The number of carbonyl (C=O) groups excluding carboxylic acids is 1. The Labute approximate surface area is 136 Å². The fraction of sp³-hybridized carbons (Fsp3) is 0.333. The first-order valence-corrected chi connectivity index (χ1v) is 7.83. The number of aromatic nitrogens is 2. The number of terminal acetylenes is 1. The van der Waals surface area contributed by atoms with E-state index in [1.165, 1.54) is 0 Å². The number of hydrogen-bond acceptors (Lipinski definition) is 3. The number of fused-ring (bicyclic) bond motifs is 1. The number of benzene rings is 1. The van der Waals surface area contributed by atoms with Gasteiger partial charge in [-0.2, -0.15) is 5.10 Å². The number of nitrogens with one attached hydrogen (secondary N) is 2. The summed E-state index contributed by atoms with van der Waals surface area (Å²) in [5, 5.41) is 10.8. The highest BCUT2D eigenvalue weighted by atomic mass is 16.1. The van der Waals surface area contributed by atoms with Crippen LogP contribution in [0.1, 0.15) is 26.2 Å². The van der Waals surface area contributed by atoms with E-state index in [-0.39, 0.29) is 11.9 Å². The van der Waals surface area contributed by atoms with E-state index in [9.17, 15) is 4.79 Å². The van der Waals surface area contributed by atoms with Gasteiger partial charge in [-0.1, -0.05) is 12.1 Å². The molecule has 0 fully saturated rings. The summed E-state index contributed by atoms with van der Waals surface area (Å²) >= 11 is 0. The van der Waals surface area contributed by atoms with Crippen LogP contribution >= 0.6 is 0 Å². The van der Waals surface area contributed by atoms with Crippen LogP contribution in [-0.2, 0) is 11.3 Å². The van der Waals surface area contributed by atoms with Gasteiger partial charge in [-0.05, 0) is 19.4 Å². The molecule has 2 aromatic rings. The molecule has 0 aliphatic carbocycles. The maximum Gasteiger partial charge on any atom is 0.226 e. The first-order valence-electron chi connectivity index (χ1n) is 7.83. The molecule has 1 aliphatic heterocycles. The highest BCUT2D eigenvalue weighted by Gasteiger charge is 2.20. The lowest BCUT2D eigenvalue weighted by Crippen LogP contribution is -2.19. The number of rotatable bonds is 4. The topological polar surface area (TPSA) is 59.0 Å². The van der Waals surface area contributed by atoms with Gasteiger partial charge >= 0.3 is 0 Å². The molecule has 2 N–H and O–H groups in total. The molecule has 0 bridgehead atoms. The second kappa shape index (κ2) is 6.57. The monoisotopic (exact) mass is 308 g/mol. The molecule has 5 nitrogen and oxygen atoms in total. The Morgan fingerprint density at radius 1 is 1.48 bits per heavy atom. The van der Waals surface area contributed by atoms with Crippen LogP contribution in [0.2, 0.25) is 0 Å². The van der Waals surface area contributed by atoms with Crippen LogP contribution in [0.25, 0.3) is 11.1 Å². The van der Waals surface area contributed by atoms with Crippen molar-refractivity contribution in [2.75, 3.05) is 10.6 Å². The number of para-hydroxylation sites is 1. The van der Waals surface area contributed by atoms with Gasteiger partial charge < -0.3 is 10.6 Å². The molecule has 1 atom stereocenters. The Kier molecular flexibility index (Phi) is 4.33. The Hall–Kier alpha value is -2.74. The highest BCUT2D eigenvalue weighted by Crippen LogP contribution is 2.36. The van der Waals surface area contributed by atoms with Gasteiger partial charge in [-0.3, -0.25) is 9.48 Å². The zero-order valence-electron chi connectivity index (χ0n) is 13.2. The van der Waals surface area contributed by atoms with E-state index in [0.717, 1.165) is 41.9 Å². The second-order valence-corrected chi connectivity index (χ2v) is 5.83. The molecular weight excluding hydrogens is 288 g/mol. The molecule has 23 heavy (non-hydrogen) atoms. The molecule has 118 valence electrons. The molecule has 0 unspecified atom stereocenters. The molecular formula is C18H20N4O. The second-order valence-electron chi connectivity index (χ2n) is 5.83. The predicted molar refractivity (Wildman–Crippen MR) is 92.1 cm³/mol. The van der Waals surface area contributed by atoms with Gasteiger partial charge in [0.1, 0.15) is 0 Å². The summed E-state index contributed by atoms with van der Waals surface area (Å²) in [6, 6.07) is 5.99. The first-order chi connectivity index (χ1) is 11.2. The van der Waals surface area contributed by atoms with Crippen molar-refractivity contribution in [3.8, 4) is 23.5 Å². The Morgan fingerprint density at radius 2 is 2.35 bits per heavy atom. The fourth-order valence-electron chi connectivity index (χ4n) is 2.80. The van der Waals surface area contributed by atoms with Crippen LogP contribution < -0.4 is 10.6 Å². The summed E-state index contributed by atoms with van der Waals surface area (Å²) in [7, 11) is 0. The lowest BCUT2D eigenvalue weighted by Gasteiger charge is -2.15. The highest BCUT2D eigenvalue weighted by molar-refractivity contribution is 6.00. The summed E-state index contributed by atoms with van der Waals surface area (Å²) in [6.45, 7) is 2.81. The minimum absolute atomic E-state index is 0.0332. The fourth-order valence-corrected chi connectivity index (χ4v) is 2.80. The summed E-state index contributed by atoms with van der Waals surface area (Å²) in [5.41, 5.74) is 3.84. The molecule has 1 aromatic heterocycles. The van der Waals surface area contributed by atoms with E-state index in [1.54, 1.807) is 0 Å². The van der Waals surface area contributed by atoms with E-state index >= 15 is 0 Å². The number of anilines is 2. The van der Waals surface area contributed by atoms with Crippen LogP contribution in [0.5, 0.6) is 0 Å². The summed E-state index contributed by atoms with van der Waals surface area (Å²) in [6.07, 6.45) is 11.3. The summed E-state index contributed by atoms with van der Waals surface area (Å²) in [4.78, 5) is 11.9. The minimum atomic E-state index is 0.0332. The molecule has 0 spiro atoms. The quantitative estimate of drug-likeness (QED) is 0.674. The number of aryl methyl sites for hydroxylation is 1. The van der Waals surface area contributed by atoms with Crippen molar-refractivity contribution in [3.63, 3.8) is 0 Å². The van der Waals surface area contributed by atoms with E-state index in [1.807, 2.05) is 42.2 Å². The summed E-state index contributed by atoms with van der Waals surface area (Å²) in [5.74, 6) is 2.68. The maximum atomic E-state index is 11.9. The number of carbonyl (C=O) groups is 1. The van der Waals surface area contributed by atoms with E-state index in [0.29, 0.717) is 6.42 Å². The van der Waals surface area contributed by atoms with Crippen molar-refractivity contribution in [3.05, 3.63) is 30.6 Å². The van der Waals surface area contributed by atoms with Gasteiger partial charge in [0.05, 0.1) is 17.6 Å². The van der Waals surface area contributed by atoms with E-state index in [2.05, 4.69) is 21.7 Å². The average molecular weight is 308 g/mol. The average Bonchev–Trinajstić information content (AvgIpc) is 2.91. The molecule has 0 radical (unpaired) electrons. The number of nitrogens with zero attached hydrogens (tertiary/aromatic N) is 2. The zero-order chi connectivity index (χ0) is 16.2. The Balaban J connectivity index is 1.91. The van der Waals surface area contributed by atoms with Crippen LogP contribution in [0.15, 0.2) is 30.6 Å². The number of hydrogen-bond donors (Lipinski definition) is 2. The van der Waals surface area contributed by atoms with Crippen molar-refractivity contribution in [2.45, 2.75) is 38.8 Å². The molecule has 0 saturated heterocycles. The van der Waals surface area contributed by atoms with Gasteiger partial charge in [-0.15, -0.1) is 12.3 Å². The molecule has 1 aliphatic rings. The predicted octanol–water partition coefficient (Wildman–Crippen LogP) is 3.11. The van der Waals surface area contributed by atoms with Crippen LogP contribution in [0.3, 0.4) is 0 Å². The van der Waals surface area contributed by atoms with Gasteiger partial charge in [0.15, 0.2) is 0 Å². The van der Waals surface area contributed by atoms with Gasteiger partial charge in [-0.25, -0.2) is 0 Å². The van der Waals surface area contributed by atoms with E-state index < -0.39 is 0 Å². The van der Waals surface area contributed by atoms with Gasteiger partial charge in [0.2, 0.25) is 5.91 Å². The SMILES string of the molecule is C#CCCCn1cc(-c2cccc3c2N[C@@H](C)CC(=O)N3)cn1. The van der Waals surface area contributed by atoms with Crippen LogP contribution in [0.4, 0.5) is 11.4 Å². The van der Waals surface area contributed by atoms with Crippen LogP contribution in [-0.4, -0.2) is 21.7 Å². The maximum absolute atomic E-state index is 11.9. The molecule has 5 heteroatoms. The lowest BCUT2D eigenvalue weighted by atomic mass is 10.1. The normalized spacial score (nSPS) is 16.7. The van der Waals surface area contributed by atoms with Crippen molar-refractivity contribution in [1.29, 1.82) is 0 Å². The van der Waals surface area contributed by atoms with Gasteiger partial charge in [0, 0.05) is 42.8 Å².